The number of halogens is 2. The number of ether oxygens (including phenoxy) is 1. The molecule has 0 bridgehead atoms. The van der Waals surface area contributed by atoms with Crippen molar-refractivity contribution in [3.63, 3.8) is 0 Å². The van der Waals surface area contributed by atoms with Gasteiger partial charge in [-0.1, -0.05) is 35.0 Å². The number of benzene rings is 2. The summed E-state index contributed by atoms with van der Waals surface area (Å²) in [5, 5.41) is 11.2. The lowest BCUT2D eigenvalue weighted by Gasteiger charge is -2.10. The molecule has 0 fully saturated rings. The number of amides is 1. The number of carbonyl (C=O) groups excluding carboxylic acids is 1. The molecule has 2 aromatic carbocycles. The first kappa shape index (κ1) is 22.5. The number of carbonyl (C=O) groups is 1. The third kappa shape index (κ3) is 5.06. The van der Waals surface area contributed by atoms with Crippen LogP contribution in [0.2, 0.25) is 5.02 Å². The van der Waals surface area contributed by atoms with E-state index in [-0.39, 0.29) is 24.7 Å². The van der Waals surface area contributed by atoms with Gasteiger partial charge < -0.3 is 14.6 Å². The lowest BCUT2D eigenvalue weighted by molar-refractivity contribution is 0.101. The predicted octanol–water partition coefficient (Wildman–Crippen LogP) is 5.47. The minimum atomic E-state index is -0.486. The molecule has 0 unspecified atom stereocenters. The van der Waals surface area contributed by atoms with Crippen molar-refractivity contribution in [2.75, 3.05) is 5.32 Å². The standard InChI is InChI=1S/C24H22ClFN4O3/c1-14-7-8-15(2)21(11-14)32-13-18-16(3)33-29-23(18)24(31)27-22-9-10-30(28-22)12-17-19(25)5-4-6-20(17)26/h4-11H,12-13H2,1-3H3,(H,27,28,31). The van der Waals surface area contributed by atoms with Crippen LogP contribution >= 0.6 is 11.6 Å². The first-order valence-electron chi connectivity index (χ1n) is 10.2. The van der Waals surface area contributed by atoms with Crippen molar-refractivity contribution in [2.45, 2.75) is 33.9 Å². The van der Waals surface area contributed by atoms with Crippen molar-refractivity contribution in [1.82, 2.24) is 14.9 Å². The molecule has 0 radical (unpaired) electrons. The summed E-state index contributed by atoms with van der Waals surface area (Å²) in [6.45, 7) is 5.91. The van der Waals surface area contributed by atoms with E-state index >= 15 is 0 Å². The van der Waals surface area contributed by atoms with Gasteiger partial charge in [0, 0.05) is 22.8 Å². The first-order valence-corrected chi connectivity index (χ1v) is 10.6. The SMILES string of the molecule is Cc1ccc(C)c(OCc2c(C(=O)Nc3ccn(Cc4c(F)cccc4Cl)n3)noc2C)c1. The number of nitrogens with zero attached hydrogens (tertiary/aromatic N) is 3. The topological polar surface area (TPSA) is 82.2 Å². The van der Waals surface area contributed by atoms with Crippen molar-refractivity contribution in [3.05, 3.63) is 93.2 Å². The highest BCUT2D eigenvalue weighted by Crippen LogP contribution is 2.23. The molecule has 0 spiro atoms. The second-order valence-corrected chi connectivity index (χ2v) is 8.08. The summed E-state index contributed by atoms with van der Waals surface area (Å²) in [6, 6.07) is 12.0. The van der Waals surface area contributed by atoms with Crippen molar-refractivity contribution in [3.8, 4) is 5.75 Å². The molecule has 0 saturated carbocycles. The summed E-state index contributed by atoms with van der Waals surface area (Å²) >= 11 is 6.08. The Morgan fingerprint density at radius 3 is 2.79 bits per heavy atom. The molecule has 9 heteroatoms. The van der Waals surface area contributed by atoms with Crippen molar-refractivity contribution in [2.24, 2.45) is 0 Å². The second-order valence-electron chi connectivity index (χ2n) is 7.68. The van der Waals surface area contributed by atoms with Gasteiger partial charge in [-0.25, -0.2) is 4.39 Å². The number of hydrogen-bond acceptors (Lipinski definition) is 5. The fraction of sp³-hybridized carbons (Fsp3) is 0.208. The Hall–Kier alpha value is -3.65. The van der Waals surface area contributed by atoms with Crippen LogP contribution in [0.1, 0.15) is 38.5 Å². The molecular formula is C24H22ClFN4O3. The van der Waals surface area contributed by atoms with Crippen molar-refractivity contribution < 1.29 is 18.4 Å². The van der Waals surface area contributed by atoms with Gasteiger partial charge in [0.05, 0.1) is 12.1 Å². The van der Waals surface area contributed by atoms with Gasteiger partial charge in [0.1, 0.15) is 23.9 Å². The van der Waals surface area contributed by atoms with Gasteiger partial charge in [-0.15, -0.1) is 0 Å². The van der Waals surface area contributed by atoms with Gasteiger partial charge in [-0.3, -0.25) is 9.48 Å². The molecule has 0 aliphatic rings. The van der Waals surface area contributed by atoms with E-state index in [1.165, 1.54) is 16.8 Å². The fourth-order valence-corrected chi connectivity index (χ4v) is 3.51. The molecule has 0 atom stereocenters. The van der Waals surface area contributed by atoms with Crippen LogP contribution in [0.5, 0.6) is 5.75 Å². The van der Waals surface area contributed by atoms with Gasteiger partial charge >= 0.3 is 0 Å². The number of anilines is 1. The molecule has 1 amide bonds. The monoisotopic (exact) mass is 468 g/mol. The van der Waals surface area contributed by atoms with E-state index < -0.39 is 11.7 Å². The number of aryl methyl sites for hydroxylation is 3. The molecule has 0 aliphatic carbocycles. The number of aromatic nitrogens is 3. The Morgan fingerprint density at radius 1 is 1.18 bits per heavy atom. The molecule has 1 N–H and O–H groups in total. The maximum atomic E-state index is 14.0. The molecule has 2 aromatic heterocycles. The zero-order valence-corrected chi connectivity index (χ0v) is 19.1. The fourth-order valence-electron chi connectivity index (χ4n) is 3.29. The molecule has 7 nitrogen and oxygen atoms in total. The number of nitrogens with one attached hydrogen (secondary N) is 1. The summed E-state index contributed by atoms with van der Waals surface area (Å²) in [6.07, 6.45) is 1.62. The first-order chi connectivity index (χ1) is 15.8. The van der Waals surface area contributed by atoms with E-state index in [1.54, 1.807) is 25.3 Å². The van der Waals surface area contributed by atoms with Crippen LogP contribution in [0.25, 0.3) is 0 Å². The Balaban J connectivity index is 1.46. The maximum absolute atomic E-state index is 14.0. The highest BCUT2D eigenvalue weighted by molar-refractivity contribution is 6.31. The minimum Gasteiger partial charge on any atom is -0.488 e. The van der Waals surface area contributed by atoms with Gasteiger partial charge in [0.15, 0.2) is 11.5 Å². The van der Waals surface area contributed by atoms with Crippen molar-refractivity contribution in [1.29, 1.82) is 0 Å². The van der Waals surface area contributed by atoms with E-state index in [0.29, 0.717) is 21.9 Å². The molecular weight excluding hydrogens is 447 g/mol. The van der Waals surface area contributed by atoms with E-state index in [9.17, 15) is 9.18 Å². The average Bonchev–Trinajstić information content (AvgIpc) is 3.37. The van der Waals surface area contributed by atoms with Crippen LogP contribution in [-0.2, 0) is 13.2 Å². The maximum Gasteiger partial charge on any atom is 0.279 e. The quantitative estimate of drug-likeness (QED) is 0.389. The van der Waals surface area contributed by atoms with Gasteiger partial charge in [-0.05, 0) is 50.1 Å². The molecule has 2 heterocycles. The number of hydrogen-bond donors (Lipinski definition) is 1. The predicted molar refractivity (Wildman–Crippen MR) is 122 cm³/mol. The third-order valence-corrected chi connectivity index (χ3v) is 5.53. The summed E-state index contributed by atoms with van der Waals surface area (Å²) in [7, 11) is 0. The highest BCUT2D eigenvalue weighted by Gasteiger charge is 2.21. The molecule has 4 aromatic rings. The minimum absolute atomic E-state index is 0.115. The lowest BCUT2D eigenvalue weighted by Crippen LogP contribution is -2.16. The molecule has 170 valence electrons. The lowest BCUT2D eigenvalue weighted by atomic mass is 10.1. The second kappa shape index (κ2) is 9.46. The van der Waals surface area contributed by atoms with Crippen molar-refractivity contribution >= 4 is 23.3 Å². The molecule has 0 saturated heterocycles. The highest BCUT2D eigenvalue weighted by atomic mass is 35.5. The Morgan fingerprint density at radius 2 is 2.00 bits per heavy atom. The largest absolute Gasteiger partial charge is 0.488 e. The molecule has 0 aliphatic heterocycles. The van der Waals surface area contributed by atoms with Crippen LogP contribution in [0, 0.1) is 26.6 Å². The Labute approximate surface area is 195 Å². The number of rotatable bonds is 7. The van der Waals surface area contributed by atoms with E-state index in [2.05, 4.69) is 15.6 Å². The van der Waals surface area contributed by atoms with Gasteiger partial charge in [-0.2, -0.15) is 5.10 Å². The molecule has 33 heavy (non-hydrogen) atoms. The van der Waals surface area contributed by atoms with Crippen LogP contribution in [-0.4, -0.2) is 20.8 Å². The summed E-state index contributed by atoms with van der Waals surface area (Å²) < 4.78 is 26.7. The Bertz CT molecular complexity index is 1290. The van der Waals surface area contributed by atoms with E-state index in [4.69, 9.17) is 20.9 Å². The zero-order valence-electron chi connectivity index (χ0n) is 18.4. The van der Waals surface area contributed by atoms with E-state index in [0.717, 1.165) is 16.9 Å². The van der Waals surface area contributed by atoms with Crippen LogP contribution < -0.4 is 10.1 Å². The van der Waals surface area contributed by atoms with Gasteiger partial charge in [0.25, 0.3) is 5.91 Å². The summed E-state index contributed by atoms with van der Waals surface area (Å²) in [5.41, 5.74) is 3.04. The van der Waals surface area contributed by atoms with E-state index in [1.807, 2.05) is 32.0 Å². The third-order valence-electron chi connectivity index (χ3n) is 5.18. The zero-order chi connectivity index (χ0) is 23.5. The van der Waals surface area contributed by atoms with Crippen LogP contribution in [0.4, 0.5) is 10.2 Å². The summed E-state index contributed by atoms with van der Waals surface area (Å²) in [4.78, 5) is 12.8. The molecule has 4 rings (SSSR count). The van der Waals surface area contributed by atoms with Gasteiger partial charge in [0.2, 0.25) is 0 Å². The Kier molecular flexibility index (Phi) is 6.46. The normalized spacial score (nSPS) is 10.9. The van der Waals surface area contributed by atoms with Crippen LogP contribution in [0.15, 0.2) is 53.2 Å². The van der Waals surface area contributed by atoms with Crippen LogP contribution in [0.3, 0.4) is 0 Å². The summed E-state index contributed by atoms with van der Waals surface area (Å²) in [5.74, 6) is 0.600. The smallest absolute Gasteiger partial charge is 0.279 e. The average molecular weight is 469 g/mol.